The molecule has 2 N–H and O–H groups in total. The molecule has 1 rings (SSSR count). The second-order valence-corrected chi connectivity index (χ2v) is 3.91. The number of aromatic hydroxyl groups is 1. The maximum atomic E-state index is 12.5. The molecule has 0 unspecified atom stereocenters. The highest BCUT2D eigenvalue weighted by molar-refractivity contribution is 9.10. The molecule has 0 bridgehead atoms. The number of nitro benzene ring substituents is 1. The lowest BCUT2D eigenvalue weighted by Gasteiger charge is -2.09. The van der Waals surface area contributed by atoms with E-state index in [1.807, 2.05) is 15.9 Å². The van der Waals surface area contributed by atoms with Gasteiger partial charge in [0.2, 0.25) is 0 Å². The molecule has 0 atom stereocenters. The minimum Gasteiger partial charge on any atom is -0.508 e. The molecule has 17 heavy (non-hydrogen) atoms. The van der Waals surface area contributed by atoms with Gasteiger partial charge in [-0.3, -0.25) is 14.9 Å². The van der Waals surface area contributed by atoms with Crippen LogP contribution in [-0.4, -0.2) is 20.8 Å². The van der Waals surface area contributed by atoms with Crippen molar-refractivity contribution in [3.05, 3.63) is 28.3 Å². The molecule has 0 aliphatic carbocycles. The monoisotopic (exact) mass is 310 g/mol. The van der Waals surface area contributed by atoms with Gasteiger partial charge >= 0.3 is 10.7 Å². The van der Waals surface area contributed by atoms with Crippen molar-refractivity contribution in [3.8, 4) is 5.75 Å². The van der Waals surface area contributed by atoms with Crippen molar-refractivity contribution in [3.63, 3.8) is 0 Å². The van der Waals surface area contributed by atoms with Gasteiger partial charge in [0.25, 0.3) is 5.69 Å². The van der Waals surface area contributed by atoms with E-state index in [0.29, 0.717) is 0 Å². The normalized spacial score (nSPS) is 11.0. The Balaban J connectivity index is 3.07. The van der Waals surface area contributed by atoms with Crippen LogP contribution in [0, 0.1) is 10.1 Å². The summed E-state index contributed by atoms with van der Waals surface area (Å²) in [6.07, 6.45) is 0. The zero-order chi connectivity index (χ0) is 13.2. The largest absolute Gasteiger partial charge is 0.508 e. The number of nitrogens with one attached hydrogen (secondary N) is 1. The molecule has 0 aromatic heterocycles. The molecule has 0 radical (unpaired) electrons. The minimum absolute atomic E-state index is 0.416. The number of hydrogen-bond donors (Lipinski definition) is 2. The summed E-state index contributed by atoms with van der Waals surface area (Å²) in [5, 5.41) is 21.2. The number of amides is 1. The molecule has 0 saturated carbocycles. The summed E-state index contributed by atoms with van der Waals surface area (Å²) < 4.78 is 25.0. The number of halogens is 3. The third-order valence-electron chi connectivity index (χ3n) is 1.68. The Morgan fingerprint density at radius 3 is 2.59 bits per heavy atom. The van der Waals surface area contributed by atoms with Crippen LogP contribution in [0.2, 0.25) is 0 Å². The van der Waals surface area contributed by atoms with E-state index in [0.717, 1.165) is 18.2 Å². The van der Waals surface area contributed by atoms with E-state index in [9.17, 15) is 23.7 Å². The van der Waals surface area contributed by atoms with Gasteiger partial charge in [0.15, 0.2) is 0 Å². The number of carbonyl (C=O) groups is 1. The van der Waals surface area contributed by atoms with Crippen molar-refractivity contribution in [2.45, 2.75) is 4.83 Å². The second kappa shape index (κ2) is 4.62. The van der Waals surface area contributed by atoms with Gasteiger partial charge in [0.1, 0.15) is 11.4 Å². The molecule has 0 spiro atoms. The average Bonchev–Trinajstić information content (AvgIpc) is 2.18. The summed E-state index contributed by atoms with van der Waals surface area (Å²) in [6.45, 7) is 0. The lowest BCUT2D eigenvalue weighted by Crippen LogP contribution is -2.28. The van der Waals surface area contributed by atoms with Crippen molar-refractivity contribution < 1.29 is 23.6 Å². The van der Waals surface area contributed by atoms with E-state index in [1.54, 1.807) is 5.32 Å². The second-order valence-electron chi connectivity index (χ2n) is 2.91. The van der Waals surface area contributed by atoms with Crippen LogP contribution in [0.25, 0.3) is 0 Å². The van der Waals surface area contributed by atoms with Crippen molar-refractivity contribution >= 4 is 33.2 Å². The van der Waals surface area contributed by atoms with Crippen LogP contribution < -0.4 is 5.32 Å². The van der Waals surface area contributed by atoms with Gasteiger partial charge in [-0.1, -0.05) is 0 Å². The van der Waals surface area contributed by atoms with E-state index in [1.165, 1.54) is 0 Å². The number of benzene rings is 1. The Hall–Kier alpha value is -1.77. The fourth-order valence-electron chi connectivity index (χ4n) is 0.970. The number of alkyl halides is 3. The number of phenolic OH excluding ortho intramolecular Hbond substituents is 1. The first kappa shape index (κ1) is 13.3. The fourth-order valence-corrected chi connectivity index (χ4v) is 1.07. The Morgan fingerprint density at radius 2 is 2.12 bits per heavy atom. The first-order valence-electron chi connectivity index (χ1n) is 4.07. The number of nitrogens with zero attached hydrogens (tertiary/aromatic N) is 1. The Labute approximate surface area is 102 Å². The van der Waals surface area contributed by atoms with Gasteiger partial charge in [-0.2, -0.15) is 8.78 Å². The lowest BCUT2D eigenvalue weighted by molar-refractivity contribution is -0.384. The Kier molecular flexibility index (Phi) is 3.61. The zero-order valence-electron chi connectivity index (χ0n) is 7.99. The van der Waals surface area contributed by atoms with Crippen LogP contribution in [-0.2, 0) is 4.79 Å². The van der Waals surface area contributed by atoms with Gasteiger partial charge in [-0.25, -0.2) is 0 Å². The topological polar surface area (TPSA) is 92.5 Å². The first-order chi connectivity index (χ1) is 7.71. The van der Waals surface area contributed by atoms with E-state index in [-0.39, 0.29) is 0 Å². The summed E-state index contributed by atoms with van der Waals surface area (Å²) in [7, 11) is 0. The van der Waals surface area contributed by atoms with Gasteiger partial charge in [0.05, 0.1) is 11.0 Å². The van der Waals surface area contributed by atoms with E-state index in [4.69, 9.17) is 5.11 Å². The van der Waals surface area contributed by atoms with E-state index < -0.39 is 32.8 Å². The summed E-state index contributed by atoms with van der Waals surface area (Å²) in [5.74, 6) is -2.16. The molecule has 9 heteroatoms. The maximum absolute atomic E-state index is 12.5. The molecule has 1 aromatic carbocycles. The molecule has 1 aromatic rings. The number of carbonyl (C=O) groups excluding carboxylic acids is 1. The van der Waals surface area contributed by atoms with Crippen LogP contribution in [0.1, 0.15) is 0 Å². The third-order valence-corrected chi connectivity index (χ3v) is 2.04. The molecular formula is C8H5BrF2N2O4. The van der Waals surface area contributed by atoms with Crippen LogP contribution >= 0.6 is 15.9 Å². The summed E-state index contributed by atoms with van der Waals surface area (Å²) in [5.41, 5.74) is -1.12. The SMILES string of the molecule is O=C(Nc1ccc(O)cc1[N+](=O)[O-])C(F)(F)Br. The number of anilines is 1. The highest BCUT2D eigenvalue weighted by atomic mass is 79.9. The Morgan fingerprint density at radius 1 is 1.53 bits per heavy atom. The first-order valence-corrected chi connectivity index (χ1v) is 4.86. The zero-order valence-corrected chi connectivity index (χ0v) is 9.57. The maximum Gasteiger partial charge on any atom is 0.378 e. The summed E-state index contributed by atoms with van der Waals surface area (Å²) in [6, 6.07) is 2.71. The molecule has 6 nitrogen and oxygen atoms in total. The summed E-state index contributed by atoms with van der Waals surface area (Å²) in [4.78, 5) is 16.7. The van der Waals surface area contributed by atoms with Gasteiger partial charge in [-0.15, -0.1) is 0 Å². The van der Waals surface area contributed by atoms with Crippen molar-refractivity contribution in [2.75, 3.05) is 5.32 Å². The predicted molar refractivity (Wildman–Crippen MR) is 57.3 cm³/mol. The molecular weight excluding hydrogens is 306 g/mol. The predicted octanol–water partition coefficient (Wildman–Crippen LogP) is 2.23. The highest BCUT2D eigenvalue weighted by Crippen LogP contribution is 2.30. The van der Waals surface area contributed by atoms with Crippen molar-refractivity contribution in [1.82, 2.24) is 0 Å². The quantitative estimate of drug-likeness (QED) is 0.387. The molecule has 0 fully saturated rings. The number of nitro groups is 1. The number of rotatable bonds is 3. The van der Waals surface area contributed by atoms with Gasteiger partial charge in [-0.05, 0) is 12.1 Å². The van der Waals surface area contributed by atoms with Crippen molar-refractivity contribution in [2.24, 2.45) is 0 Å². The van der Waals surface area contributed by atoms with Crippen LogP contribution in [0.4, 0.5) is 20.2 Å². The van der Waals surface area contributed by atoms with E-state index in [2.05, 4.69) is 0 Å². The lowest BCUT2D eigenvalue weighted by atomic mass is 10.2. The highest BCUT2D eigenvalue weighted by Gasteiger charge is 2.36. The van der Waals surface area contributed by atoms with Gasteiger partial charge < -0.3 is 10.4 Å². The molecule has 92 valence electrons. The molecule has 0 aliphatic rings. The smallest absolute Gasteiger partial charge is 0.378 e. The minimum atomic E-state index is -3.83. The molecule has 0 aliphatic heterocycles. The van der Waals surface area contributed by atoms with Crippen molar-refractivity contribution in [1.29, 1.82) is 0 Å². The number of hydrogen-bond acceptors (Lipinski definition) is 4. The van der Waals surface area contributed by atoms with Crippen LogP contribution in [0.15, 0.2) is 18.2 Å². The molecule has 0 heterocycles. The third kappa shape index (κ3) is 3.34. The van der Waals surface area contributed by atoms with Crippen LogP contribution in [0.5, 0.6) is 5.75 Å². The number of phenols is 1. The molecule has 1 amide bonds. The fraction of sp³-hybridized carbons (Fsp3) is 0.125. The summed E-state index contributed by atoms with van der Waals surface area (Å²) >= 11 is 1.81. The van der Waals surface area contributed by atoms with Crippen LogP contribution in [0.3, 0.4) is 0 Å². The van der Waals surface area contributed by atoms with E-state index >= 15 is 0 Å². The standard InChI is InChI=1S/C8H5BrF2N2O4/c9-8(10,11)7(15)12-5-2-1-4(14)3-6(5)13(16)17/h1-3,14H,(H,12,15). The average molecular weight is 311 g/mol. The van der Waals surface area contributed by atoms with Gasteiger partial charge in [0, 0.05) is 15.9 Å². The molecule has 0 saturated heterocycles. The Bertz CT molecular complexity index is 475.